The van der Waals surface area contributed by atoms with Crippen LogP contribution < -0.4 is 5.32 Å². The maximum Gasteiger partial charge on any atom is 0.0806 e. The van der Waals surface area contributed by atoms with Crippen molar-refractivity contribution in [1.82, 2.24) is 5.32 Å². The van der Waals surface area contributed by atoms with Crippen molar-refractivity contribution in [3.05, 3.63) is 0 Å². The number of hydrogen-bond donors (Lipinski definition) is 1. The maximum absolute atomic E-state index is 6.46. The van der Waals surface area contributed by atoms with Gasteiger partial charge in [-0.1, -0.05) is 27.7 Å². The highest BCUT2D eigenvalue weighted by molar-refractivity contribution is 4.93. The Morgan fingerprint density at radius 1 is 1.05 bits per heavy atom. The molecular weight excluding hydrogens is 258 g/mol. The monoisotopic (exact) mass is 295 g/mol. The van der Waals surface area contributed by atoms with Crippen molar-refractivity contribution in [3.63, 3.8) is 0 Å². The van der Waals surface area contributed by atoms with Crippen molar-refractivity contribution in [2.45, 2.75) is 90.7 Å². The smallest absolute Gasteiger partial charge is 0.0806 e. The molecule has 0 amide bonds. The van der Waals surface area contributed by atoms with Gasteiger partial charge in [-0.2, -0.15) is 0 Å². The predicted octanol–water partition coefficient (Wildman–Crippen LogP) is 4.78. The first-order chi connectivity index (χ1) is 10.0. The van der Waals surface area contributed by atoms with E-state index >= 15 is 0 Å². The summed E-state index contributed by atoms with van der Waals surface area (Å²) in [6.07, 6.45) is 10.5. The normalized spacial score (nSPS) is 30.3. The molecule has 2 rings (SSSR count). The van der Waals surface area contributed by atoms with Gasteiger partial charge in [0.25, 0.3) is 0 Å². The lowest BCUT2D eigenvalue weighted by Crippen LogP contribution is -2.47. The van der Waals surface area contributed by atoms with E-state index in [1.165, 1.54) is 51.4 Å². The molecule has 0 radical (unpaired) electrons. The molecule has 0 saturated heterocycles. The van der Waals surface area contributed by atoms with Crippen LogP contribution >= 0.6 is 0 Å². The first kappa shape index (κ1) is 17.3. The molecule has 0 aliphatic heterocycles. The van der Waals surface area contributed by atoms with Crippen LogP contribution in [-0.4, -0.2) is 24.8 Å². The van der Waals surface area contributed by atoms with Crippen molar-refractivity contribution < 1.29 is 4.74 Å². The highest BCUT2D eigenvalue weighted by Gasteiger charge is 2.38. The number of nitrogens with one attached hydrogen (secondary N) is 1. The molecule has 0 bridgehead atoms. The molecule has 0 aromatic heterocycles. The summed E-state index contributed by atoms with van der Waals surface area (Å²) in [6, 6.07) is 0.795. The largest absolute Gasteiger partial charge is 0.374 e. The zero-order chi connectivity index (χ0) is 15.3. The Morgan fingerprint density at radius 3 is 2.24 bits per heavy atom. The minimum Gasteiger partial charge on any atom is -0.374 e. The summed E-state index contributed by atoms with van der Waals surface area (Å²) in [5.41, 5.74) is 0.144. The number of hydrogen-bond acceptors (Lipinski definition) is 2. The fourth-order valence-corrected chi connectivity index (χ4v) is 3.60. The lowest BCUT2D eigenvalue weighted by atomic mass is 9.74. The molecule has 0 heterocycles. The highest BCUT2D eigenvalue weighted by Crippen LogP contribution is 2.38. The Bertz CT molecular complexity index is 288. The van der Waals surface area contributed by atoms with Crippen LogP contribution in [0.5, 0.6) is 0 Å². The molecule has 2 aliphatic rings. The van der Waals surface area contributed by atoms with Crippen LogP contribution in [0.4, 0.5) is 0 Å². The van der Waals surface area contributed by atoms with Gasteiger partial charge in [0.15, 0.2) is 0 Å². The minimum absolute atomic E-state index is 0.144. The van der Waals surface area contributed by atoms with E-state index in [4.69, 9.17) is 4.74 Å². The van der Waals surface area contributed by atoms with Crippen molar-refractivity contribution in [1.29, 1.82) is 0 Å². The van der Waals surface area contributed by atoms with Crippen LogP contribution in [0.15, 0.2) is 0 Å². The summed E-state index contributed by atoms with van der Waals surface area (Å²) >= 11 is 0. The van der Waals surface area contributed by atoms with Crippen LogP contribution in [0, 0.1) is 17.8 Å². The Balaban J connectivity index is 1.79. The summed E-state index contributed by atoms with van der Waals surface area (Å²) in [7, 11) is 0. The van der Waals surface area contributed by atoms with Crippen molar-refractivity contribution in [2.24, 2.45) is 17.8 Å². The van der Waals surface area contributed by atoms with Gasteiger partial charge in [-0.25, -0.2) is 0 Å². The maximum atomic E-state index is 6.46. The molecule has 2 aliphatic carbocycles. The Kier molecular flexibility index (Phi) is 6.55. The van der Waals surface area contributed by atoms with Crippen LogP contribution in [-0.2, 0) is 4.74 Å². The highest BCUT2D eigenvalue weighted by atomic mass is 16.5. The lowest BCUT2D eigenvalue weighted by Gasteiger charge is -2.41. The third-order valence-electron chi connectivity index (χ3n) is 5.51. The second-order valence-electron chi connectivity index (χ2n) is 8.30. The predicted molar refractivity (Wildman–Crippen MR) is 90.6 cm³/mol. The Hall–Kier alpha value is -0.0800. The van der Waals surface area contributed by atoms with Crippen LogP contribution in [0.25, 0.3) is 0 Å². The Labute approximate surface area is 132 Å². The third kappa shape index (κ3) is 5.90. The molecule has 2 nitrogen and oxygen atoms in total. The van der Waals surface area contributed by atoms with Gasteiger partial charge in [-0.05, 0) is 69.1 Å². The first-order valence-electron chi connectivity index (χ1n) is 9.38. The van der Waals surface area contributed by atoms with E-state index in [1.807, 2.05) is 0 Å². The average Bonchev–Trinajstić information content (AvgIpc) is 3.26. The van der Waals surface area contributed by atoms with Crippen molar-refractivity contribution in [2.75, 3.05) is 13.2 Å². The standard InChI is InChI=1S/C19H37NO/c1-15(2)6-5-13-21-19(14-20-18-7-8-18)11-9-17(10-12-19)16(3)4/h15-18,20H,5-14H2,1-4H3. The third-order valence-corrected chi connectivity index (χ3v) is 5.51. The fourth-order valence-electron chi connectivity index (χ4n) is 3.60. The van der Waals surface area contributed by atoms with Gasteiger partial charge in [-0.15, -0.1) is 0 Å². The van der Waals surface area contributed by atoms with E-state index < -0.39 is 0 Å². The van der Waals surface area contributed by atoms with E-state index in [1.54, 1.807) is 0 Å². The molecule has 2 fully saturated rings. The quantitative estimate of drug-likeness (QED) is 0.618. The lowest BCUT2D eigenvalue weighted by molar-refractivity contribution is -0.0812. The molecule has 124 valence electrons. The first-order valence-corrected chi connectivity index (χ1v) is 9.38. The van der Waals surface area contributed by atoms with Gasteiger partial charge in [0.05, 0.1) is 5.60 Å². The molecule has 0 spiro atoms. The molecule has 2 heteroatoms. The summed E-state index contributed by atoms with van der Waals surface area (Å²) in [5, 5.41) is 3.74. The number of rotatable bonds is 9. The van der Waals surface area contributed by atoms with E-state index in [-0.39, 0.29) is 5.60 Å². The van der Waals surface area contributed by atoms with Gasteiger partial charge in [0.1, 0.15) is 0 Å². The van der Waals surface area contributed by atoms with Crippen LogP contribution in [0.3, 0.4) is 0 Å². The Morgan fingerprint density at radius 2 is 1.71 bits per heavy atom. The van der Waals surface area contributed by atoms with E-state index in [9.17, 15) is 0 Å². The van der Waals surface area contributed by atoms with Gasteiger partial charge >= 0.3 is 0 Å². The zero-order valence-corrected chi connectivity index (χ0v) is 14.8. The van der Waals surface area contributed by atoms with Gasteiger partial charge < -0.3 is 10.1 Å². The second kappa shape index (κ2) is 7.97. The van der Waals surface area contributed by atoms with E-state index in [0.717, 1.165) is 36.9 Å². The molecule has 0 aromatic rings. The second-order valence-corrected chi connectivity index (χ2v) is 8.30. The number of ether oxygens (including phenoxy) is 1. The van der Waals surface area contributed by atoms with E-state index in [2.05, 4.69) is 33.0 Å². The molecule has 21 heavy (non-hydrogen) atoms. The fraction of sp³-hybridized carbons (Fsp3) is 1.00. The summed E-state index contributed by atoms with van der Waals surface area (Å²) in [5.74, 6) is 2.55. The zero-order valence-electron chi connectivity index (χ0n) is 14.8. The molecule has 1 N–H and O–H groups in total. The van der Waals surface area contributed by atoms with Crippen molar-refractivity contribution in [3.8, 4) is 0 Å². The molecule has 0 aromatic carbocycles. The molecule has 2 saturated carbocycles. The SMILES string of the molecule is CC(C)CCCOC1(CNC2CC2)CCC(C(C)C)CC1. The summed E-state index contributed by atoms with van der Waals surface area (Å²) in [6.45, 7) is 11.4. The average molecular weight is 296 g/mol. The van der Waals surface area contributed by atoms with Gasteiger partial charge in [0.2, 0.25) is 0 Å². The van der Waals surface area contributed by atoms with Crippen LogP contribution in [0.1, 0.15) is 79.1 Å². The summed E-state index contributed by atoms with van der Waals surface area (Å²) < 4.78 is 6.46. The van der Waals surface area contributed by atoms with Crippen LogP contribution in [0.2, 0.25) is 0 Å². The minimum atomic E-state index is 0.144. The topological polar surface area (TPSA) is 21.3 Å². The summed E-state index contributed by atoms with van der Waals surface area (Å²) in [4.78, 5) is 0. The molecule has 0 unspecified atom stereocenters. The van der Waals surface area contributed by atoms with Crippen molar-refractivity contribution >= 4 is 0 Å². The molecular formula is C19H37NO. The molecule has 0 atom stereocenters. The van der Waals surface area contributed by atoms with Gasteiger partial charge in [0, 0.05) is 19.2 Å². The van der Waals surface area contributed by atoms with E-state index in [0.29, 0.717) is 0 Å². The van der Waals surface area contributed by atoms with Gasteiger partial charge in [-0.3, -0.25) is 0 Å².